The zero-order chi connectivity index (χ0) is 9.68. The van der Waals surface area contributed by atoms with E-state index in [2.05, 4.69) is 4.90 Å². The fourth-order valence-corrected chi connectivity index (χ4v) is 1.71. The molecule has 1 heterocycles. The van der Waals surface area contributed by atoms with Crippen LogP contribution in [-0.2, 0) is 4.74 Å². The molecule has 0 amide bonds. The largest absolute Gasteiger partial charge is 0.389 e. The molecular weight excluding hydrogens is 168 g/mol. The van der Waals surface area contributed by atoms with E-state index in [1.807, 2.05) is 6.92 Å². The topological polar surface area (TPSA) is 58.7 Å². The van der Waals surface area contributed by atoms with E-state index in [1.165, 1.54) is 0 Å². The van der Waals surface area contributed by atoms with Crippen LogP contribution in [0.5, 0.6) is 0 Å². The molecule has 0 bridgehead atoms. The lowest BCUT2D eigenvalue weighted by Gasteiger charge is -2.14. The second-order valence-electron chi connectivity index (χ2n) is 3.46. The van der Waals surface area contributed by atoms with E-state index in [0.717, 1.165) is 26.1 Å². The van der Waals surface area contributed by atoms with Gasteiger partial charge in [0, 0.05) is 19.7 Å². The Hall–Kier alpha value is -0.160. The van der Waals surface area contributed by atoms with Crippen LogP contribution >= 0.6 is 0 Å². The Bertz CT molecular complexity index is 144. The molecule has 3 N–H and O–H groups in total. The Kier molecular flexibility index (Phi) is 4.66. The summed E-state index contributed by atoms with van der Waals surface area (Å²) in [5.74, 6) is 0. The Morgan fingerprint density at radius 3 is 2.92 bits per heavy atom. The number of nitrogens with two attached hydrogens (primary N) is 1. The highest BCUT2D eigenvalue weighted by molar-refractivity contribution is 4.84. The fraction of sp³-hybridized carbons (Fsp3) is 1.00. The quantitative estimate of drug-likeness (QED) is 0.606. The maximum absolute atomic E-state index is 9.59. The van der Waals surface area contributed by atoms with E-state index in [4.69, 9.17) is 10.5 Å². The second kappa shape index (κ2) is 5.54. The molecule has 0 aromatic rings. The normalized spacial score (nSPS) is 29.8. The van der Waals surface area contributed by atoms with Crippen LogP contribution in [-0.4, -0.2) is 55.0 Å². The molecule has 4 nitrogen and oxygen atoms in total. The van der Waals surface area contributed by atoms with Gasteiger partial charge in [0.2, 0.25) is 0 Å². The summed E-state index contributed by atoms with van der Waals surface area (Å²) >= 11 is 0. The Balaban J connectivity index is 2.23. The predicted octanol–water partition coefficient (Wildman–Crippen LogP) is -0.583. The Morgan fingerprint density at radius 2 is 2.31 bits per heavy atom. The molecule has 1 aliphatic heterocycles. The van der Waals surface area contributed by atoms with Crippen LogP contribution < -0.4 is 5.73 Å². The number of hydrogen-bond acceptors (Lipinski definition) is 4. The number of likely N-dealkylation sites (tertiary alicyclic amines) is 1. The average molecular weight is 188 g/mol. The van der Waals surface area contributed by atoms with Gasteiger partial charge >= 0.3 is 0 Å². The minimum atomic E-state index is -0.322. The number of aliphatic hydroxyl groups is 1. The molecule has 4 heteroatoms. The van der Waals surface area contributed by atoms with Crippen molar-refractivity contribution in [2.24, 2.45) is 5.73 Å². The average Bonchev–Trinajstić information content (AvgIpc) is 2.45. The summed E-state index contributed by atoms with van der Waals surface area (Å²) < 4.78 is 5.40. The maximum atomic E-state index is 9.59. The van der Waals surface area contributed by atoms with Gasteiger partial charge in [0.25, 0.3) is 0 Å². The van der Waals surface area contributed by atoms with Crippen LogP contribution in [0.1, 0.15) is 13.3 Å². The van der Waals surface area contributed by atoms with E-state index in [9.17, 15) is 5.11 Å². The van der Waals surface area contributed by atoms with Crippen molar-refractivity contribution in [1.29, 1.82) is 0 Å². The van der Waals surface area contributed by atoms with Crippen LogP contribution in [0.25, 0.3) is 0 Å². The van der Waals surface area contributed by atoms with E-state index in [1.54, 1.807) is 0 Å². The molecule has 2 atom stereocenters. The summed E-state index contributed by atoms with van der Waals surface area (Å²) in [5.41, 5.74) is 5.41. The first-order valence-corrected chi connectivity index (χ1v) is 5.00. The van der Waals surface area contributed by atoms with Gasteiger partial charge < -0.3 is 15.6 Å². The van der Waals surface area contributed by atoms with Crippen molar-refractivity contribution >= 4 is 0 Å². The van der Waals surface area contributed by atoms with Gasteiger partial charge in [-0.2, -0.15) is 0 Å². The van der Waals surface area contributed by atoms with Gasteiger partial charge in [0.05, 0.1) is 12.2 Å². The molecule has 0 unspecified atom stereocenters. The molecule has 0 aromatic carbocycles. The fourth-order valence-electron chi connectivity index (χ4n) is 1.71. The van der Waals surface area contributed by atoms with Gasteiger partial charge in [-0.3, -0.25) is 4.90 Å². The third kappa shape index (κ3) is 3.23. The smallest absolute Gasteiger partial charge is 0.0972 e. The SMILES string of the molecule is CCO[C@@H]1CN(CCCN)C[C@H]1O. The minimum Gasteiger partial charge on any atom is -0.389 e. The number of hydrogen-bond donors (Lipinski definition) is 2. The third-order valence-electron chi connectivity index (χ3n) is 2.37. The summed E-state index contributed by atoms with van der Waals surface area (Å²) in [6.07, 6.45) is 0.673. The number of aliphatic hydroxyl groups excluding tert-OH is 1. The molecule has 1 aliphatic rings. The van der Waals surface area contributed by atoms with E-state index < -0.39 is 0 Å². The van der Waals surface area contributed by atoms with Crippen molar-refractivity contribution in [3.63, 3.8) is 0 Å². The van der Waals surface area contributed by atoms with Crippen LogP contribution in [0.3, 0.4) is 0 Å². The summed E-state index contributed by atoms with van der Waals surface area (Å²) in [7, 11) is 0. The Labute approximate surface area is 79.7 Å². The molecule has 1 fully saturated rings. The lowest BCUT2D eigenvalue weighted by Crippen LogP contribution is -2.27. The summed E-state index contributed by atoms with van der Waals surface area (Å²) in [6, 6.07) is 0. The van der Waals surface area contributed by atoms with Crippen molar-refractivity contribution in [2.45, 2.75) is 25.6 Å². The van der Waals surface area contributed by atoms with Crippen molar-refractivity contribution < 1.29 is 9.84 Å². The molecule has 0 aliphatic carbocycles. The molecule has 0 saturated carbocycles. The van der Waals surface area contributed by atoms with Gasteiger partial charge in [-0.15, -0.1) is 0 Å². The molecule has 0 aromatic heterocycles. The van der Waals surface area contributed by atoms with Crippen LogP contribution in [0.4, 0.5) is 0 Å². The van der Waals surface area contributed by atoms with Crippen molar-refractivity contribution in [2.75, 3.05) is 32.8 Å². The molecule has 1 rings (SSSR count). The van der Waals surface area contributed by atoms with Crippen molar-refractivity contribution in [1.82, 2.24) is 4.90 Å². The summed E-state index contributed by atoms with van der Waals surface area (Å²) in [5, 5.41) is 9.59. The number of ether oxygens (including phenoxy) is 1. The first kappa shape index (κ1) is 10.9. The maximum Gasteiger partial charge on any atom is 0.0972 e. The van der Waals surface area contributed by atoms with Gasteiger partial charge in [0.1, 0.15) is 0 Å². The number of rotatable bonds is 5. The lowest BCUT2D eigenvalue weighted by molar-refractivity contribution is -0.00241. The lowest BCUT2D eigenvalue weighted by atomic mass is 10.3. The number of nitrogens with zero attached hydrogens (tertiary/aromatic N) is 1. The molecule has 0 spiro atoms. The zero-order valence-corrected chi connectivity index (χ0v) is 8.28. The van der Waals surface area contributed by atoms with Crippen molar-refractivity contribution in [3.8, 4) is 0 Å². The Morgan fingerprint density at radius 1 is 1.54 bits per heavy atom. The van der Waals surface area contributed by atoms with Gasteiger partial charge in [0.15, 0.2) is 0 Å². The summed E-state index contributed by atoms with van der Waals surface area (Å²) in [4.78, 5) is 2.21. The first-order valence-electron chi connectivity index (χ1n) is 5.00. The van der Waals surface area contributed by atoms with Crippen LogP contribution in [0.2, 0.25) is 0 Å². The van der Waals surface area contributed by atoms with E-state index >= 15 is 0 Å². The van der Waals surface area contributed by atoms with Crippen molar-refractivity contribution in [3.05, 3.63) is 0 Å². The van der Waals surface area contributed by atoms with Gasteiger partial charge in [-0.1, -0.05) is 0 Å². The molecule has 78 valence electrons. The number of β-amino-alcohol motifs (C(OH)–C–C–N with tert-alkyl or cyclic N) is 1. The first-order chi connectivity index (χ1) is 6.27. The van der Waals surface area contributed by atoms with Crippen LogP contribution in [0.15, 0.2) is 0 Å². The zero-order valence-electron chi connectivity index (χ0n) is 8.28. The highest BCUT2D eigenvalue weighted by atomic mass is 16.5. The standard InChI is InChI=1S/C9H20N2O2/c1-2-13-9-7-11(5-3-4-10)6-8(9)12/h8-9,12H,2-7,10H2,1H3/t8-,9-/m1/s1. The van der Waals surface area contributed by atoms with Gasteiger partial charge in [-0.25, -0.2) is 0 Å². The van der Waals surface area contributed by atoms with E-state index in [0.29, 0.717) is 13.2 Å². The summed E-state index contributed by atoms with van der Waals surface area (Å²) in [6.45, 7) is 5.88. The monoisotopic (exact) mass is 188 g/mol. The molecule has 13 heavy (non-hydrogen) atoms. The molecular formula is C9H20N2O2. The minimum absolute atomic E-state index is 0.00257. The molecule has 0 radical (unpaired) electrons. The highest BCUT2D eigenvalue weighted by Crippen LogP contribution is 2.13. The van der Waals surface area contributed by atoms with Crippen LogP contribution in [0, 0.1) is 0 Å². The molecule has 1 saturated heterocycles. The highest BCUT2D eigenvalue weighted by Gasteiger charge is 2.30. The predicted molar refractivity (Wildman–Crippen MR) is 51.5 cm³/mol. The second-order valence-corrected chi connectivity index (χ2v) is 3.46. The van der Waals surface area contributed by atoms with E-state index in [-0.39, 0.29) is 12.2 Å². The van der Waals surface area contributed by atoms with Gasteiger partial charge in [-0.05, 0) is 26.4 Å². The third-order valence-corrected chi connectivity index (χ3v) is 2.37.